The number of benzene rings is 3. The molecule has 0 radical (unpaired) electrons. The number of ether oxygens (including phenoxy) is 1. The molecule has 6 rings (SSSR count). The van der Waals surface area contributed by atoms with E-state index in [0.717, 1.165) is 57.5 Å². The van der Waals surface area contributed by atoms with E-state index in [0.29, 0.717) is 16.6 Å². The van der Waals surface area contributed by atoms with E-state index >= 15 is 0 Å². The van der Waals surface area contributed by atoms with Gasteiger partial charge in [0.25, 0.3) is 0 Å². The van der Waals surface area contributed by atoms with Crippen molar-refractivity contribution in [2.45, 2.75) is 25.5 Å². The van der Waals surface area contributed by atoms with Gasteiger partial charge in [0.15, 0.2) is 0 Å². The molecule has 1 aliphatic carbocycles. The summed E-state index contributed by atoms with van der Waals surface area (Å²) in [7, 11) is 0. The van der Waals surface area contributed by atoms with E-state index in [4.69, 9.17) is 20.8 Å². The highest BCUT2D eigenvalue weighted by Gasteiger charge is 2.24. The van der Waals surface area contributed by atoms with Gasteiger partial charge >= 0.3 is 0 Å². The highest BCUT2D eigenvalue weighted by molar-refractivity contribution is 7.98. The molecule has 2 heterocycles. The van der Waals surface area contributed by atoms with Crippen molar-refractivity contribution in [3.63, 3.8) is 0 Å². The van der Waals surface area contributed by atoms with E-state index < -0.39 is 0 Å². The third-order valence-corrected chi connectivity index (χ3v) is 8.01. The molecule has 1 saturated carbocycles. The molecule has 6 nitrogen and oxygen atoms in total. The second-order valence-electron chi connectivity index (χ2n) is 10.2. The number of halogens is 2. The Morgan fingerprint density at radius 3 is 2.78 bits per heavy atom. The maximum atomic E-state index is 13.5. The number of hydrogen-bond acceptors (Lipinski definition) is 7. The Hall–Kier alpha value is -3.59. The molecule has 210 valence electrons. The fraction of sp³-hybridized carbons (Fsp3) is 0.250. The predicted molar refractivity (Wildman–Crippen MR) is 165 cm³/mol. The molecule has 0 saturated heterocycles. The van der Waals surface area contributed by atoms with Crippen LogP contribution in [0.1, 0.15) is 30.2 Å². The first-order chi connectivity index (χ1) is 20.1. The zero-order valence-corrected chi connectivity index (χ0v) is 24.1. The van der Waals surface area contributed by atoms with Gasteiger partial charge < -0.3 is 19.8 Å². The van der Waals surface area contributed by atoms with Crippen molar-refractivity contribution in [3.8, 4) is 17.1 Å². The average Bonchev–Trinajstić information content (AvgIpc) is 3.68. The van der Waals surface area contributed by atoms with E-state index in [1.807, 2.05) is 42.1 Å². The number of fused-ring (bicyclic) bond motifs is 1. The third kappa shape index (κ3) is 6.84. The van der Waals surface area contributed by atoms with Gasteiger partial charge in [-0.05, 0) is 97.8 Å². The largest absolute Gasteiger partial charge is 0.487 e. The van der Waals surface area contributed by atoms with Gasteiger partial charge in [-0.2, -0.15) is 11.8 Å². The van der Waals surface area contributed by atoms with Crippen LogP contribution in [0.3, 0.4) is 0 Å². The Morgan fingerprint density at radius 2 is 1.98 bits per heavy atom. The number of nitrogens with zero attached hydrogens (tertiary/aromatic N) is 2. The maximum Gasteiger partial charge on any atom is 0.141 e. The lowest BCUT2D eigenvalue weighted by Gasteiger charge is -2.15. The van der Waals surface area contributed by atoms with E-state index in [9.17, 15) is 4.39 Å². The summed E-state index contributed by atoms with van der Waals surface area (Å²) in [6, 6.07) is 22.0. The molecule has 9 heteroatoms. The summed E-state index contributed by atoms with van der Waals surface area (Å²) in [6.07, 6.45) is 6.29. The Balaban J connectivity index is 1.19. The molecule has 1 aliphatic rings. The number of nitrogens with one attached hydrogen (secondary N) is 2. The molecular weight excluding hydrogens is 559 g/mol. The second-order valence-corrected chi connectivity index (χ2v) is 11.5. The summed E-state index contributed by atoms with van der Waals surface area (Å²) >= 11 is 8.33. The summed E-state index contributed by atoms with van der Waals surface area (Å²) in [6.45, 7) is 1.25. The van der Waals surface area contributed by atoms with Crippen LogP contribution in [0.25, 0.3) is 22.2 Å². The fourth-order valence-electron chi connectivity index (χ4n) is 4.66. The zero-order valence-electron chi connectivity index (χ0n) is 22.6. The molecule has 0 unspecified atom stereocenters. The number of anilines is 2. The summed E-state index contributed by atoms with van der Waals surface area (Å²) in [5.41, 5.74) is 3.24. The highest BCUT2D eigenvalue weighted by atomic mass is 35.5. The number of furan rings is 1. The first-order valence-electron chi connectivity index (χ1n) is 13.6. The van der Waals surface area contributed by atoms with E-state index in [2.05, 4.69) is 32.9 Å². The fourth-order valence-corrected chi connectivity index (χ4v) is 5.51. The van der Waals surface area contributed by atoms with Gasteiger partial charge in [-0.25, -0.2) is 14.4 Å². The Labute approximate surface area is 247 Å². The molecular formula is C32H30ClFN4O2S. The number of thioether (sulfide) groups is 1. The van der Waals surface area contributed by atoms with Crippen LogP contribution < -0.4 is 15.4 Å². The predicted octanol–water partition coefficient (Wildman–Crippen LogP) is 8.41. The molecule has 0 aliphatic heterocycles. The summed E-state index contributed by atoms with van der Waals surface area (Å²) in [5.74, 6) is 4.38. The van der Waals surface area contributed by atoms with E-state index in [1.54, 1.807) is 24.3 Å². The van der Waals surface area contributed by atoms with Gasteiger partial charge in [-0.15, -0.1) is 0 Å². The van der Waals surface area contributed by atoms with Crippen LogP contribution in [-0.4, -0.2) is 28.5 Å². The SMILES string of the molecule is CSC[C@H](NCC1CC1)c1ccc(-c2ccc3ncnc(Nc4ccc(OCc5cccc(F)c5)c(Cl)c4)c3c2)o1. The molecule has 1 fully saturated rings. The summed E-state index contributed by atoms with van der Waals surface area (Å²) < 4.78 is 25.6. The van der Waals surface area contributed by atoms with E-state index in [-0.39, 0.29) is 18.5 Å². The van der Waals surface area contributed by atoms with Crippen molar-refractivity contribution in [3.05, 3.63) is 101 Å². The van der Waals surface area contributed by atoms with Crippen molar-refractivity contribution in [1.29, 1.82) is 0 Å². The van der Waals surface area contributed by atoms with Crippen molar-refractivity contribution < 1.29 is 13.5 Å². The van der Waals surface area contributed by atoms with Crippen molar-refractivity contribution in [1.82, 2.24) is 15.3 Å². The molecule has 5 aromatic rings. The molecule has 0 bridgehead atoms. The molecule has 41 heavy (non-hydrogen) atoms. The minimum absolute atomic E-state index is 0.186. The molecule has 1 atom stereocenters. The summed E-state index contributed by atoms with van der Waals surface area (Å²) in [5, 5.41) is 8.33. The Kier molecular flexibility index (Phi) is 8.41. The van der Waals surface area contributed by atoms with E-state index in [1.165, 1.54) is 31.3 Å². The monoisotopic (exact) mass is 588 g/mol. The van der Waals surface area contributed by atoms with Crippen molar-refractivity contribution >= 4 is 45.8 Å². The Morgan fingerprint density at radius 1 is 1.07 bits per heavy atom. The first kappa shape index (κ1) is 27.6. The van der Waals surface area contributed by atoms with Crippen LogP contribution in [-0.2, 0) is 6.61 Å². The zero-order chi connectivity index (χ0) is 28.2. The van der Waals surface area contributed by atoms with Gasteiger partial charge in [-0.3, -0.25) is 0 Å². The molecule has 2 aromatic heterocycles. The maximum absolute atomic E-state index is 13.5. The molecule has 3 aromatic carbocycles. The topological polar surface area (TPSA) is 72.2 Å². The van der Waals surface area contributed by atoms with Crippen molar-refractivity contribution in [2.24, 2.45) is 5.92 Å². The standard InChI is InChI=1S/C32H30ClFN4O2S/c1-41-18-28(35-16-20-5-6-20)31-12-11-29(40-31)22-7-9-27-25(14-22)32(37-19-36-27)38-24-8-10-30(26(33)15-24)39-17-21-3-2-4-23(34)13-21/h2-4,7-15,19-20,28,35H,5-6,16-18H2,1H3,(H,36,37,38)/t28-/m0/s1. The van der Waals surface area contributed by atoms with Crippen LogP contribution in [0, 0.1) is 11.7 Å². The minimum Gasteiger partial charge on any atom is -0.487 e. The minimum atomic E-state index is -0.301. The quantitative estimate of drug-likeness (QED) is 0.152. The van der Waals surface area contributed by atoms with Crippen LogP contribution in [0.5, 0.6) is 5.75 Å². The van der Waals surface area contributed by atoms with Crippen LogP contribution >= 0.6 is 23.4 Å². The normalized spacial score (nSPS) is 13.8. The van der Waals surface area contributed by atoms with Gasteiger partial charge in [0.1, 0.15) is 41.8 Å². The van der Waals surface area contributed by atoms with Gasteiger partial charge in [0.05, 0.1) is 16.6 Å². The van der Waals surface area contributed by atoms with Crippen LogP contribution in [0.4, 0.5) is 15.9 Å². The molecule has 2 N–H and O–H groups in total. The number of aromatic nitrogens is 2. The van der Waals surface area contributed by atoms with Gasteiger partial charge in [0.2, 0.25) is 0 Å². The lowest BCUT2D eigenvalue weighted by Crippen LogP contribution is -2.25. The van der Waals surface area contributed by atoms with Crippen molar-refractivity contribution in [2.75, 3.05) is 23.9 Å². The Bertz CT molecular complexity index is 1660. The molecule has 0 amide bonds. The highest BCUT2D eigenvalue weighted by Crippen LogP contribution is 2.34. The van der Waals surface area contributed by atoms with Gasteiger partial charge in [0, 0.05) is 22.4 Å². The number of hydrogen-bond donors (Lipinski definition) is 2. The lowest BCUT2D eigenvalue weighted by atomic mass is 10.1. The average molecular weight is 589 g/mol. The van der Waals surface area contributed by atoms with Crippen LogP contribution in [0.2, 0.25) is 5.02 Å². The third-order valence-electron chi connectivity index (χ3n) is 7.05. The summed E-state index contributed by atoms with van der Waals surface area (Å²) in [4.78, 5) is 8.95. The lowest BCUT2D eigenvalue weighted by molar-refractivity contribution is 0.306. The number of rotatable bonds is 12. The second kappa shape index (κ2) is 12.5. The van der Waals surface area contributed by atoms with Gasteiger partial charge in [-0.1, -0.05) is 23.7 Å². The first-order valence-corrected chi connectivity index (χ1v) is 15.3. The van der Waals surface area contributed by atoms with Crippen LogP contribution in [0.15, 0.2) is 83.5 Å². The molecule has 0 spiro atoms. The smallest absolute Gasteiger partial charge is 0.141 e.